The lowest BCUT2D eigenvalue weighted by atomic mass is 10.3. The Hall–Kier alpha value is -0.520. The molecule has 1 amide bonds. The zero-order valence-electron chi connectivity index (χ0n) is 10.3. The highest BCUT2D eigenvalue weighted by molar-refractivity contribution is 8.01. The van der Waals surface area contributed by atoms with Gasteiger partial charge >= 0.3 is 0 Å². The normalized spacial score (nSPS) is 24.6. The second-order valence-corrected chi connectivity index (χ2v) is 6.57. The number of nitrogens with two attached hydrogens (primary N) is 1. The maximum absolute atomic E-state index is 12.1. The van der Waals surface area contributed by atoms with Gasteiger partial charge in [0.25, 0.3) is 0 Å². The van der Waals surface area contributed by atoms with Gasteiger partial charge in [-0.3, -0.25) is 4.79 Å². The summed E-state index contributed by atoms with van der Waals surface area (Å²) in [6.07, 6.45) is 0. The van der Waals surface area contributed by atoms with Crippen molar-refractivity contribution in [1.82, 2.24) is 4.90 Å². The first-order chi connectivity index (χ1) is 8.24. The molecule has 0 spiro atoms. The van der Waals surface area contributed by atoms with Crippen LogP contribution < -0.4 is 5.32 Å². The minimum atomic E-state index is 0.101. The van der Waals surface area contributed by atoms with Crippen LogP contribution in [0.15, 0.2) is 17.5 Å². The standard InChI is InChI=1S/C12H18N2OS2/c1-3-13-6-7-14-11(15)9(2)17-12(14)10-5-4-8-16-10/h4-5,8-9,12-13H,3,6-7H2,1-2H3/p+1/t9-,12-/m0/s1. The molecule has 0 bridgehead atoms. The molecule has 5 heteroatoms. The van der Waals surface area contributed by atoms with E-state index in [0.717, 1.165) is 19.6 Å². The molecule has 2 heterocycles. The molecular weight excluding hydrogens is 252 g/mol. The number of carbonyl (C=O) groups excluding carboxylic acids is 1. The molecule has 2 rings (SSSR count). The smallest absolute Gasteiger partial charge is 0.236 e. The number of likely N-dealkylation sites (N-methyl/N-ethyl adjacent to an activating group) is 1. The van der Waals surface area contributed by atoms with Gasteiger partial charge in [-0.15, -0.1) is 23.1 Å². The van der Waals surface area contributed by atoms with Crippen LogP contribution in [-0.4, -0.2) is 35.7 Å². The minimum Gasteiger partial charge on any atom is -0.345 e. The topological polar surface area (TPSA) is 36.9 Å². The summed E-state index contributed by atoms with van der Waals surface area (Å²) in [6.45, 7) is 7.08. The summed E-state index contributed by atoms with van der Waals surface area (Å²) in [6, 6.07) is 4.19. The SMILES string of the molecule is CC[NH2+]CCN1C(=O)[C@H](C)S[C@H]1c1cccs1. The zero-order chi connectivity index (χ0) is 12.3. The number of nitrogens with zero attached hydrogens (tertiary/aromatic N) is 1. The van der Waals surface area contributed by atoms with Crippen LogP contribution in [0.5, 0.6) is 0 Å². The number of rotatable bonds is 5. The molecular formula is C12H19N2OS2+. The first-order valence-corrected chi connectivity index (χ1v) is 7.87. The number of thiophene rings is 1. The summed E-state index contributed by atoms with van der Waals surface area (Å²) < 4.78 is 0. The van der Waals surface area contributed by atoms with Crippen molar-refractivity contribution in [3.8, 4) is 0 Å². The van der Waals surface area contributed by atoms with Gasteiger partial charge in [0.05, 0.1) is 24.9 Å². The van der Waals surface area contributed by atoms with Crippen LogP contribution in [-0.2, 0) is 4.79 Å². The van der Waals surface area contributed by atoms with Crippen molar-refractivity contribution in [2.75, 3.05) is 19.6 Å². The van der Waals surface area contributed by atoms with E-state index in [2.05, 4.69) is 29.8 Å². The number of thioether (sulfide) groups is 1. The highest BCUT2D eigenvalue weighted by Gasteiger charge is 2.38. The van der Waals surface area contributed by atoms with Gasteiger partial charge < -0.3 is 10.2 Å². The molecule has 0 aliphatic carbocycles. The molecule has 0 radical (unpaired) electrons. The first kappa shape index (κ1) is 12.9. The maximum Gasteiger partial charge on any atom is 0.236 e. The van der Waals surface area contributed by atoms with Gasteiger partial charge in [-0.1, -0.05) is 6.07 Å². The predicted octanol–water partition coefficient (Wildman–Crippen LogP) is 1.29. The molecule has 2 N–H and O–H groups in total. The Morgan fingerprint density at radius 1 is 1.53 bits per heavy atom. The van der Waals surface area contributed by atoms with Crippen molar-refractivity contribution in [2.45, 2.75) is 24.5 Å². The third-order valence-electron chi connectivity index (χ3n) is 2.90. The Morgan fingerprint density at radius 3 is 3.00 bits per heavy atom. The molecule has 1 fully saturated rings. The highest BCUT2D eigenvalue weighted by Crippen LogP contribution is 2.43. The van der Waals surface area contributed by atoms with E-state index < -0.39 is 0 Å². The number of carbonyl (C=O) groups is 1. The molecule has 2 atom stereocenters. The van der Waals surface area contributed by atoms with Crippen LogP contribution in [0, 0.1) is 0 Å². The van der Waals surface area contributed by atoms with Gasteiger partial charge in [0, 0.05) is 4.88 Å². The Kier molecular flexibility index (Phi) is 4.48. The quantitative estimate of drug-likeness (QED) is 0.820. The number of hydrogen-bond donors (Lipinski definition) is 1. The Balaban J connectivity index is 2.05. The lowest BCUT2D eigenvalue weighted by molar-refractivity contribution is -0.651. The van der Waals surface area contributed by atoms with E-state index in [-0.39, 0.29) is 16.5 Å². The molecule has 0 aromatic carbocycles. The minimum absolute atomic E-state index is 0.101. The molecule has 3 nitrogen and oxygen atoms in total. The Morgan fingerprint density at radius 2 is 2.35 bits per heavy atom. The Labute approximate surface area is 111 Å². The van der Waals surface area contributed by atoms with Gasteiger partial charge in [-0.05, 0) is 25.3 Å². The molecule has 1 saturated heterocycles. The third-order valence-corrected chi connectivity index (χ3v) is 5.35. The molecule has 17 heavy (non-hydrogen) atoms. The summed E-state index contributed by atoms with van der Waals surface area (Å²) in [5.74, 6) is 0.290. The zero-order valence-corrected chi connectivity index (χ0v) is 11.9. The van der Waals surface area contributed by atoms with Gasteiger partial charge in [-0.25, -0.2) is 0 Å². The summed E-state index contributed by atoms with van der Waals surface area (Å²) >= 11 is 3.51. The van der Waals surface area contributed by atoms with Crippen LogP contribution in [0.2, 0.25) is 0 Å². The van der Waals surface area contributed by atoms with Crippen molar-refractivity contribution in [2.24, 2.45) is 0 Å². The van der Waals surface area contributed by atoms with Crippen LogP contribution >= 0.6 is 23.1 Å². The van der Waals surface area contributed by atoms with Crippen LogP contribution in [0.1, 0.15) is 24.1 Å². The average molecular weight is 271 g/mol. The second-order valence-electron chi connectivity index (χ2n) is 4.16. The number of quaternary nitrogens is 1. The van der Waals surface area contributed by atoms with Crippen LogP contribution in [0.25, 0.3) is 0 Å². The second kappa shape index (κ2) is 5.89. The monoisotopic (exact) mass is 271 g/mol. The lowest BCUT2D eigenvalue weighted by Crippen LogP contribution is -2.85. The van der Waals surface area contributed by atoms with Crippen molar-refractivity contribution in [3.63, 3.8) is 0 Å². The first-order valence-electron chi connectivity index (χ1n) is 6.05. The molecule has 1 aromatic rings. The summed E-state index contributed by atoms with van der Waals surface area (Å²) in [5.41, 5.74) is 0. The summed E-state index contributed by atoms with van der Waals surface area (Å²) in [5, 5.41) is 4.66. The third kappa shape index (κ3) is 2.84. The van der Waals surface area contributed by atoms with Crippen molar-refractivity contribution in [1.29, 1.82) is 0 Å². The molecule has 0 saturated carbocycles. The van der Waals surface area contributed by atoms with Gasteiger partial charge in [-0.2, -0.15) is 0 Å². The van der Waals surface area contributed by atoms with Crippen LogP contribution in [0.3, 0.4) is 0 Å². The van der Waals surface area contributed by atoms with Gasteiger partial charge in [0.1, 0.15) is 5.37 Å². The maximum atomic E-state index is 12.1. The number of hydrogen-bond acceptors (Lipinski definition) is 3. The van der Waals surface area contributed by atoms with E-state index in [1.54, 1.807) is 23.1 Å². The lowest BCUT2D eigenvalue weighted by Gasteiger charge is -2.21. The van der Waals surface area contributed by atoms with E-state index in [1.165, 1.54) is 4.88 Å². The molecule has 94 valence electrons. The van der Waals surface area contributed by atoms with E-state index in [4.69, 9.17) is 0 Å². The van der Waals surface area contributed by atoms with Crippen molar-refractivity contribution in [3.05, 3.63) is 22.4 Å². The van der Waals surface area contributed by atoms with E-state index in [9.17, 15) is 4.79 Å². The van der Waals surface area contributed by atoms with Crippen LogP contribution in [0.4, 0.5) is 0 Å². The summed E-state index contributed by atoms with van der Waals surface area (Å²) in [7, 11) is 0. The van der Waals surface area contributed by atoms with Crippen molar-refractivity contribution < 1.29 is 10.1 Å². The fraction of sp³-hybridized carbons (Fsp3) is 0.583. The number of amides is 1. The Bertz CT molecular complexity index is 367. The van der Waals surface area contributed by atoms with Gasteiger partial charge in [0.2, 0.25) is 5.91 Å². The molecule has 0 unspecified atom stereocenters. The van der Waals surface area contributed by atoms with E-state index in [0.29, 0.717) is 0 Å². The van der Waals surface area contributed by atoms with E-state index >= 15 is 0 Å². The van der Waals surface area contributed by atoms with E-state index in [1.807, 2.05) is 11.8 Å². The molecule has 1 aromatic heterocycles. The van der Waals surface area contributed by atoms with Crippen molar-refractivity contribution >= 4 is 29.0 Å². The molecule has 1 aliphatic rings. The summed E-state index contributed by atoms with van der Waals surface area (Å²) in [4.78, 5) is 15.4. The largest absolute Gasteiger partial charge is 0.345 e. The fourth-order valence-corrected chi connectivity index (χ4v) is 4.24. The highest BCUT2D eigenvalue weighted by atomic mass is 32.2. The fourth-order valence-electron chi connectivity index (χ4n) is 1.99. The average Bonchev–Trinajstić information content (AvgIpc) is 2.92. The molecule has 1 aliphatic heterocycles. The van der Waals surface area contributed by atoms with Gasteiger partial charge in [0.15, 0.2) is 0 Å². The predicted molar refractivity (Wildman–Crippen MR) is 73.2 cm³/mol.